The highest BCUT2D eigenvalue weighted by molar-refractivity contribution is 5.43. The van der Waals surface area contributed by atoms with Gasteiger partial charge in [0.2, 0.25) is 0 Å². The molecule has 118 valence electrons. The molecule has 21 heavy (non-hydrogen) atoms. The minimum absolute atomic E-state index is 0.600. The van der Waals surface area contributed by atoms with Crippen LogP contribution in [0.3, 0.4) is 0 Å². The van der Waals surface area contributed by atoms with Crippen molar-refractivity contribution in [3.8, 4) is 0 Å². The van der Waals surface area contributed by atoms with Crippen molar-refractivity contribution >= 4 is 5.82 Å². The predicted octanol–water partition coefficient (Wildman–Crippen LogP) is 3.90. The van der Waals surface area contributed by atoms with Gasteiger partial charge in [-0.2, -0.15) is 0 Å². The first-order chi connectivity index (χ1) is 10.2. The van der Waals surface area contributed by atoms with Crippen LogP contribution in [0.1, 0.15) is 63.6 Å². The summed E-state index contributed by atoms with van der Waals surface area (Å²) < 4.78 is 0. The molecular formula is C18H31N3. The second kappa shape index (κ2) is 7.79. The Morgan fingerprint density at radius 1 is 1.19 bits per heavy atom. The van der Waals surface area contributed by atoms with Gasteiger partial charge in [0.05, 0.1) is 0 Å². The lowest BCUT2D eigenvalue weighted by Gasteiger charge is -2.35. The van der Waals surface area contributed by atoms with Crippen LogP contribution in [-0.4, -0.2) is 18.1 Å². The molecule has 0 saturated heterocycles. The highest BCUT2D eigenvalue weighted by atomic mass is 15.2. The molecule has 1 saturated carbocycles. The third-order valence-corrected chi connectivity index (χ3v) is 4.97. The minimum atomic E-state index is 0.600. The van der Waals surface area contributed by atoms with Gasteiger partial charge >= 0.3 is 0 Å². The van der Waals surface area contributed by atoms with E-state index in [0.29, 0.717) is 12.6 Å². The molecule has 0 unspecified atom stereocenters. The van der Waals surface area contributed by atoms with E-state index in [1.54, 1.807) is 0 Å². The lowest BCUT2D eigenvalue weighted by molar-refractivity contribution is 0.313. The van der Waals surface area contributed by atoms with E-state index in [4.69, 9.17) is 10.7 Å². The zero-order valence-electron chi connectivity index (χ0n) is 13.9. The molecule has 1 aliphatic rings. The molecule has 0 atom stereocenters. The highest BCUT2D eigenvalue weighted by Crippen LogP contribution is 2.31. The quantitative estimate of drug-likeness (QED) is 0.863. The van der Waals surface area contributed by atoms with Gasteiger partial charge in [0.1, 0.15) is 5.82 Å². The van der Waals surface area contributed by atoms with E-state index in [1.807, 2.05) is 0 Å². The Labute approximate surface area is 129 Å². The smallest absolute Gasteiger partial charge is 0.129 e. The second-order valence-corrected chi connectivity index (χ2v) is 6.47. The molecule has 3 heteroatoms. The number of hydrogen-bond acceptors (Lipinski definition) is 3. The standard InChI is InChI=1S/C18H31N3/c1-4-6-16-11-15(13-19)12-18(20-16)21(3)17-9-7-14(5-2)8-10-17/h11-12,14,17H,4-10,13,19H2,1-3H3. The Bertz CT molecular complexity index is 436. The molecule has 1 aromatic rings. The first-order valence-corrected chi connectivity index (χ1v) is 8.60. The largest absolute Gasteiger partial charge is 0.357 e. The van der Waals surface area contributed by atoms with E-state index < -0.39 is 0 Å². The van der Waals surface area contributed by atoms with E-state index in [1.165, 1.54) is 43.4 Å². The molecule has 0 spiro atoms. The average molecular weight is 289 g/mol. The van der Waals surface area contributed by atoms with Crippen molar-refractivity contribution in [3.63, 3.8) is 0 Å². The molecule has 0 aromatic carbocycles. The normalized spacial score (nSPS) is 22.3. The summed E-state index contributed by atoms with van der Waals surface area (Å²) in [5.74, 6) is 2.05. The van der Waals surface area contributed by atoms with Crippen LogP contribution >= 0.6 is 0 Å². The van der Waals surface area contributed by atoms with Crippen LogP contribution in [0.5, 0.6) is 0 Å². The van der Waals surface area contributed by atoms with Crippen LogP contribution in [0, 0.1) is 5.92 Å². The summed E-state index contributed by atoms with van der Waals surface area (Å²) in [6.45, 7) is 5.12. The fourth-order valence-corrected chi connectivity index (χ4v) is 3.44. The van der Waals surface area contributed by atoms with Crippen molar-refractivity contribution in [1.82, 2.24) is 4.98 Å². The SMILES string of the molecule is CCCc1cc(CN)cc(N(C)C2CCC(CC)CC2)n1. The molecule has 2 rings (SSSR count). The first-order valence-electron chi connectivity index (χ1n) is 8.60. The first kappa shape index (κ1) is 16.3. The molecule has 2 N–H and O–H groups in total. The molecule has 1 fully saturated rings. The van der Waals surface area contributed by atoms with Crippen LogP contribution in [0.4, 0.5) is 5.82 Å². The molecule has 0 bridgehead atoms. The molecule has 1 heterocycles. The summed E-state index contributed by atoms with van der Waals surface area (Å²) in [6.07, 6.45) is 8.83. The zero-order valence-corrected chi connectivity index (χ0v) is 13.9. The molecular weight excluding hydrogens is 258 g/mol. The van der Waals surface area contributed by atoms with Crippen LogP contribution in [-0.2, 0) is 13.0 Å². The van der Waals surface area contributed by atoms with Crippen LogP contribution in [0.15, 0.2) is 12.1 Å². The zero-order chi connectivity index (χ0) is 15.2. The van der Waals surface area contributed by atoms with E-state index in [9.17, 15) is 0 Å². The molecule has 1 aliphatic carbocycles. The van der Waals surface area contributed by atoms with Gasteiger partial charge in [-0.3, -0.25) is 0 Å². The van der Waals surface area contributed by atoms with Crippen molar-refractivity contribution < 1.29 is 0 Å². The van der Waals surface area contributed by atoms with Gasteiger partial charge in [-0.25, -0.2) is 4.98 Å². The van der Waals surface area contributed by atoms with E-state index in [-0.39, 0.29) is 0 Å². The highest BCUT2D eigenvalue weighted by Gasteiger charge is 2.24. The van der Waals surface area contributed by atoms with E-state index in [2.05, 4.69) is 37.9 Å². The topological polar surface area (TPSA) is 42.1 Å². The summed E-state index contributed by atoms with van der Waals surface area (Å²) in [5, 5.41) is 0. The Kier molecular flexibility index (Phi) is 6.04. The number of pyridine rings is 1. The third-order valence-electron chi connectivity index (χ3n) is 4.97. The van der Waals surface area contributed by atoms with Gasteiger partial charge < -0.3 is 10.6 Å². The molecule has 0 amide bonds. The maximum atomic E-state index is 5.85. The lowest BCUT2D eigenvalue weighted by Crippen LogP contribution is -2.35. The Morgan fingerprint density at radius 2 is 1.90 bits per heavy atom. The monoisotopic (exact) mass is 289 g/mol. The van der Waals surface area contributed by atoms with Crippen molar-refractivity contribution in [1.29, 1.82) is 0 Å². The van der Waals surface area contributed by atoms with Gasteiger partial charge in [-0.05, 0) is 55.7 Å². The van der Waals surface area contributed by atoms with Gasteiger partial charge in [-0.1, -0.05) is 26.7 Å². The van der Waals surface area contributed by atoms with Crippen LogP contribution < -0.4 is 10.6 Å². The molecule has 1 aromatic heterocycles. The van der Waals surface area contributed by atoms with Crippen LogP contribution in [0.2, 0.25) is 0 Å². The van der Waals surface area contributed by atoms with E-state index in [0.717, 1.165) is 24.6 Å². The van der Waals surface area contributed by atoms with Crippen molar-refractivity contribution in [2.45, 2.75) is 71.4 Å². The summed E-state index contributed by atoms with van der Waals surface area (Å²) in [4.78, 5) is 7.25. The summed E-state index contributed by atoms with van der Waals surface area (Å²) in [6, 6.07) is 4.97. The number of hydrogen-bond donors (Lipinski definition) is 1. The predicted molar refractivity (Wildman–Crippen MR) is 90.6 cm³/mol. The maximum Gasteiger partial charge on any atom is 0.129 e. The van der Waals surface area contributed by atoms with Gasteiger partial charge in [0, 0.05) is 25.3 Å². The molecule has 0 aliphatic heterocycles. The number of aromatic nitrogens is 1. The summed E-state index contributed by atoms with van der Waals surface area (Å²) in [7, 11) is 2.20. The van der Waals surface area contributed by atoms with Crippen LogP contribution in [0.25, 0.3) is 0 Å². The Morgan fingerprint density at radius 3 is 2.48 bits per heavy atom. The van der Waals surface area contributed by atoms with Crippen molar-refractivity contribution in [3.05, 3.63) is 23.4 Å². The fraction of sp³-hybridized carbons (Fsp3) is 0.722. The summed E-state index contributed by atoms with van der Waals surface area (Å²) in [5.41, 5.74) is 8.24. The van der Waals surface area contributed by atoms with Gasteiger partial charge in [-0.15, -0.1) is 0 Å². The van der Waals surface area contributed by atoms with Gasteiger partial charge in [0.25, 0.3) is 0 Å². The fourth-order valence-electron chi connectivity index (χ4n) is 3.44. The lowest BCUT2D eigenvalue weighted by atomic mass is 9.84. The number of anilines is 1. The molecule has 0 radical (unpaired) electrons. The number of rotatable bonds is 6. The van der Waals surface area contributed by atoms with Gasteiger partial charge in [0.15, 0.2) is 0 Å². The summed E-state index contributed by atoms with van der Waals surface area (Å²) >= 11 is 0. The number of nitrogens with two attached hydrogens (primary N) is 1. The maximum absolute atomic E-state index is 5.85. The minimum Gasteiger partial charge on any atom is -0.357 e. The van der Waals surface area contributed by atoms with Crippen molar-refractivity contribution in [2.75, 3.05) is 11.9 Å². The second-order valence-electron chi connectivity index (χ2n) is 6.47. The number of nitrogens with zero attached hydrogens (tertiary/aromatic N) is 2. The van der Waals surface area contributed by atoms with Crippen molar-refractivity contribution in [2.24, 2.45) is 11.7 Å². The Balaban J connectivity index is 2.10. The average Bonchev–Trinajstić information content (AvgIpc) is 2.54. The number of aryl methyl sites for hydroxylation is 1. The third kappa shape index (κ3) is 4.19. The Hall–Kier alpha value is -1.09. The molecule has 3 nitrogen and oxygen atoms in total. The van der Waals surface area contributed by atoms with E-state index >= 15 is 0 Å².